The highest BCUT2D eigenvalue weighted by molar-refractivity contribution is 5.94. The second kappa shape index (κ2) is 8.18. The van der Waals surface area contributed by atoms with Crippen LogP contribution in [-0.2, 0) is 4.79 Å². The van der Waals surface area contributed by atoms with Gasteiger partial charge in [0.2, 0.25) is 5.91 Å². The third-order valence-corrected chi connectivity index (χ3v) is 3.86. The van der Waals surface area contributed by atoms with E-state index < -0.39 is 6.04 Å². The number of pyridine rings is 1. The Balaban J connectivity index is 0.00000225. The van der Waals surface area contributed by atoms with E-state index in [1.165, 1.54) is 0 Å². The van der Waals surface area contributed by atoms with Crippen molar-refractivity contribution < 1.29 is 14.3 Å². The van der Waals surface area contributed by atoms with Crippen molar-refractivity contribution in [1.82, 2.24) is 4.98 Å². The zero-order chi connectivity index (χ0) is 17.1. The van der Waals surface area contributed by atoms with Crippen LogP contribution in [0, 0.1) is 5.92 Å². The lowest BCUT2D eigenvalue weighted by molar-refractivity contribution is -0.118. The molecule has 1 aliphatic heterocycles. The number of hydrogen-bond donors (Lipinski definition) is 2. The maximum absolute atomic E-state index is 12.1. The van der Waals surface area contributed by atoms with Crippen molar-refractivity contribution in [2.24, 2.45) is 11.7 Å². The molecule has 1 aromatic heterocycles. The predicted molar refractivity (Wildman–Crippen MR) is 99.4 cm³/mol. The smallest absolute Gasteiger partial charge is 0.242 e. The summed E-state index contributed by atoms with van der Waals surface area (Å²) < 4.78 is 11.1. The normalized spacial score (nSPS) is 13.8. The number of hydrogen-bond acceptors (Lipinski definition) is 5. The van der Waals surface area contributed by atoms with E-state index in [2.05, 4.69) is 10.3 Å². The number of benzene rings is 1. The second-order valence-electron chi connectivity index (χ2n) is 6.03. The molecule has 1 amide bonds. The molecule has 0 aliphatic carbocycles. The minimum Gasteiger partial charge on any atom is -0.486 e. The number of halogens is 1. The van der Waals surface area contributed by atoms with Gasteiger partial charge in [-0.2, -0.15) is 0 Å². The first kappa shape index (κ1) is 19.0. The minimum atomic E-state index is -0.565. The lowest BCUT2D eigenvalue weighted by atomic mass is 10.1. The van der Waals surface area contributed by atoms with E-state index in [-0.39, 0.29) is 24.2 Å². The van der Waals surface area contributed by atoms with Gasteiger partial charge in [0.25, 0.3) is 0 Å². The van der Waals surface area contributed by atoms with Gasteiger partial charge >= 0.3 is 0 Å². The quantitative estimate of drug-likeness (QED) is 0.872. The Morgan fingerprint density at radius 2 is 1.88 bits per heavy atom. The number of nitrogens with two attached hydrogens (primary N) is 1. The molecule has 0 spiro atoms. The number of nitrogens with one attached hydrogen (secondary N) is 1. The van der Waals surface area contributed by atoms with Gasteiger partial charge in [-0.1, -0.05) is 19.9 Å². The number of nitrogens with zero attached hydrogens (tertiary/aromatic N) is 1. The van der Waals surface area contributed by atoms with Crippen molar-refractivity contribution in [3.05, 3.63) is 36.4 Å². The summed E-state index contributed by atoms with van der Waals surface area (Å²) in [6, 6.07) is 10.6. The second-order valence-corrected chi connectivity index (χ2v) is 6.03. The number of ether oxygens (including phenoxy) is 2. The Kier molecular flexibility index (Phi) is 6.22. The summed E-state index contributed by atoms with van der Waals surface area (Å²) in [5, 5.41) is 2.76. The summed E-state index contributed by atoms with van der Waals surface area (Å²) in [6.45, 7) is 4.90. The molecule has 0 radical (unpaired) electrons. The fourth-order valence-electron chi connectivity index (χ4n) is 2.38. The molecule has 0 unspecified atom stereocenters. The van der Waals surface area contributed by atoms with Crippen LogP contribution in [0.5, 0.6) is 11.5 Å². The van der Waals surface area contributed by atoms with E-state index in [1.807, 2.05) is 44.2 Å². The molecule has 0 fully saturated rings. The molecule has 6 nitrogen and oxygen atoms in total. The van der Waals surface area contributed by atoms with Gasteiger partial charge in [-0.05, 0) is 36.2 Å². The lowest BCUT2D eigenvalue weighted by Crippen LogP contribution is -2.39. The Bertz CT molecular complexity index is 752. The maximum atomic E-state index is 12.1. The van der Waals surface area contributed by atoms with Crippen LogP contribution in [0.15, 0.2) is 36.4 Å². The molecule has 134 valence electrons. The molecule has 3 N–H and O–H groups in total. The third kappa shape index (κ3) is 4.41. The van der Waals surface area contributed by atoms with Crippen molar-refractivity contribution in [3.63, 3.8) is 0 Å². The minimum absolute atomic E-state index is 0. The predicted octanol–water partition coefficient (Wildman–Crippen LogP) is 2.86. The molecule has 1 atom stereocenters. The van der Waals surface area contributed by atoms with Crippen LogP contribution in [0.2, 0.25) is 0 Å². The lowest BCUT2D eigenvalue weighted by Gasteiger charge is -2.19. The van der Waals surface area contributed by atoms with E-state index in [0.717, 1.165) is 17.0 Å². The number of aromatic nitrogens is 1. The number of rotatable bonds is 4. The standard InChI is InChI=1S/C18H21N3O3.ClH/c1-11(2)17(19)18(22)21-16-5-3-4-13(20-16)12-6-7-14-15(10-12)24-9-8-23-14;/h3-7,10-11,17H,8-9,19H2,1-2H3,(H,20,21,22);1H/t17-;/m0./s1. The van der Waals surface area contributed by atoms with E-state index in [0.29, 0.717) is 24.8 Å². The van der Waals surface area contributed by atoms with Gasteiger partial charge < -0.3 is 20.5 Å². The summed E-state index contributed by atoms with van der Waals surface area (Å²) in [7, 11) is 0. The molecule has 0 saturated carbocycles. The maximum Gasteiger partial charge on any atom is 0.242 e. The molecule has 0 saturated heterocycles. The number of carbonyl (C=O) groups excluding carboxylic acids is 1. The van der Waals surface area contributed by atoms with Crippen LogP contribution in [-0.4, -0.2) is 30.1 Å². The topological polar surface area (TPSA) is 86.5 Å². The molecule has 2 heterocycles. The van der Waals surface area contributed by atoms with Crippen LogP contribution in [0.4, 0.5) is 5.82 Å². The number of anilines is 1. The molecule has 0 bridgehead atoms. The van der Waals surface area contributed by atoms with Crippen LogP contribution in [0.1, 0.15) is 13.8 Å². The molecule has 7 heteroatoms. The Labute approximate surface area is 153 Å². The van der Waals surface area contributed by atoms with Gasteiger partial charge in [-0.25, -0.2) is 4.98 Å². The van der Waals surface area contributed by atoms with Crippen molar-refractivity contribution in [3.8, 4) is 22.8 Å². The number of fused-ring (bicyclic) bond motifs is 1. The monoisotopic (exact) mass is 363 g/mol. The highest BCUT2D eigenvalue weighted by atomic mass is 35.5. The van der Waals surface area contributed by atoms with Crippen molar-refractivity contribution in [1.29, 1.82) is 0 Å². The van der Waals surface area contributed by atoms with Crippen molar-refractivity contribution in [2.45, 2.75) is 19.9 Å². The van der Waals surface area contributed by atoms with Gasteiger partial charge in [0, 0.05) is 5.56 Å². The Morgan fingerprint density at radius 1 is 1.16 bits per heavy atom. The summed E-state index contributed by atoms with van der Waals surface area (Å²) in [4.78, 5) is 16.6. The molecule has 2 aromatic rings. The summed E-state index contributed by atoms with van der Waals surface area (Å²) in [5.41, 5.74) is 7.49. The van der Waals surface area contributed by atoms with Crippen LogP contribution in [0.25, 0.3) is 11.3 Å². The summed E-state index contributed by atoms with van der Waals surface area (Å²) >= 11 is 0. The van der Waals surface area contributed by atoms with Gasteiger partial charge in [0.15, 0.2) is 11.5 Å². The Morgan fingerprint density at radius 3 is 2.60 bits per heavy atom. The van der Waals surface area contributed by atoms with Gasteiger partial charge in [0.1, 0.15) is 19.0 Å². The molecule has 1 aromatic carbocycles. The Hall–Kier alpha value is -2.31. The zero-order valence-electron chi connectivity index (χ0n) is 14.2. The molecular weight excluding hydrogens is 342 g/mol. The van der Waals surface area contributed by atoms with E-state index in [4.69, 9.17) is 15.2 Å². The molecule has 1 aliphatic rings. The average molecular weight is 364 g/mol. The van der Waals surface area contributed by atoms with Gasteiger partial charge in [-0.3, -0.25) is 4.79 Å². The van der Waals surface area contributed by atoms with Crippen molar-refractivity contribution >= 4 is 24.1 Å². The largest absolute Gasteiger partial charge is 0.486 e. The van der Waals surface area contributed by atoms with E-state index >= 15 is 0 Å². The fraction of sp³-hybridized carbons (Fsp3) is 0.333. The summed E-state index contributed by atoms with van der Waals surface area (Å²) in [5.74, 6) is 1.74. The highest BCUT2D eigenvalue weighted by Gasteiger charge is 2.18. The average Bonchev–Trinajstić information content (AvgIpc) is 2.60. The fourth-order valence-corrected chi connectivity index (χ4v) is 2.38. The van der Waals surface area contributed by atoms with Crippen LogP contribution >= 0.6 is 12.4 Å². The number of carbonyl (C=O) groups is 1. The molecule has 3 rings (SSSR count). The SMILES string of the molecule is CC(C)[C@H](N)C(=O)Nc1cccc(-c2ccc3c(c2)OCCO3)n1.Cl. The highest BCUT2D eigenvalue weighted by Crippen LogP contribution is 2.34. The van der Waals surface area contributed by atoms with E-state index in [9.17, 15) is 4.79 Å². The van der Waals surface area contributed by atoms with Crippen LogP contribution < -0.4 is 20.5 Å². The van der Waals surface area contributed by atoms with Gasteiger partial charge in [0.05, 0.1) is 11.7 Å². The molecular formula is C18H22ClN3O3. The number of amides is 1. The van der Waals surface area contributed by atoms with Crippen LogP contribution in [0.3, 0.4) is 0 Å². The zero-order valence-corrected chi connectivity index (χ0v) is 15.0. The van der Waals surface area contributed by atoms with E-state index in [1.54, 1.807) is 6.07 Å². The molecule has 25 heavy (non-hydrogen) atoms. The summed E-state index contributed by atoms with van der Waals surface area (Å²) in [6.07, 6.45) is 0. The first-order chi connectivity index (χ1) is 11.5. The van der Waals surface area contributed by atoms with Gasteiger partial charge in [-0.15, -0.1) is 12.4 Å². The first-order valence-corrected chi connectivity index (χ1v) is 7.98. The third-order valence-electron chi connectivity index (χ3n) is 3.86. The van der Waals surface area contributed by atoms with Crippen molar-refractivity contribution in [2.75, 3.05) is 18.5 Å². The first-order valence-electron chi connectivity index (χ1n) is 7.98.